The molecule has 2 atom stereocenters. The molecule has 0 aliphatic carbocycles. The van der Waals surface area contributed by atoms with Gasteiger partial charge >= 0.3 is 5.97 Å². The molecule has 0 amide bonds. The van der Waals surface area contributed by atoms with E-state index in [-0.39, 0.29) is 12.1 Å². The second kappa shape index (κ2) is 7.36. The zero-order valence-electron chi connectivity index (χ0n) is 11.6. The van der Waals surface area contributed by atoms with Crippen molar-refractivity contribution in [3.63, 3.8) is 0 Å². The zero-order chi connectivity index (χ0) is 13.5. The quantitative estimate of drug-likeness (QED) is 0.302. The van der Waals surface area contributed by atoms with Gasteiger partial charge in [0.2, 0.25) is 5.90 Å². The maximum atomic E-state index is 11.4. The normalized spacial score (nSPS) is 23.1. The van der Waals surface area contributed by atoms with Crippen molar-refractivity contribution in [2.75, 3.05) is 19.8 Å². The number of rotatable bonds is 7. The highest BCUT2D eigenvalue weighted by molar-refractivity contribution is 5.92. The molecular weight excluding hydrogens is 234 g/mol. The van der Waals surface area contributed by atoms with Crippen LogP contribution in [0.3, 0.4) is 0 Å². The van der Waals surface area contributed by atoms with Crippen LogP contribution in [0.5, 0.6) is 0 Å². The minimum Gasteiger partial charge on any atom is -0.479 e. The molecule has 0 aromatic rings. The fraction of sp³-hybridized carbons (Fsp3) is 0.846. The molecule has 0 aromatic carbocycles. The Bertz CT molecular complexity index is 301. The lowest BCUT2D eigenvalue weighted by atomic mass is 10.1. The Kier molecular flexibility index (Phi) is 6.12. The lowest BCUT2D eigenvalue weighted by Crippen LogP contribution is -2.21. The van der Waals surface area contributed by atoms with E-state index in [4.69, 9.17) is 14.2 Å². The Morgan fingerprint density at radius 3 is 2.44 bits per heavy atom. The lowest BCUT2D eigenvalue weighted by molar-refractivity contribution is -0.144. The van der Waals surface area contributed by atoms with Gasteiger partial charge in [-0.2, -0.15) is 0 Å². The number of esters is 1. The minimum absolute atomic E-state index is 0.334. The summed E-state index contributed by atoms with van der Waals surface area (Å²) in [6, 6.07) is 0. The number of nitrogens with zero attached hydrogens (tertiary/aromatic N) is 1. The van der Waals surface area contributed by atoms with Gasteiger partial charge in [-0.1, -0.05) is 13.8 Å². The molecule has 0 radical (unpaired) electrons. The summed E-state index contributed by atoms with van der Waals surface area (Å²) in [5, 5.41) is 0. The van der Waals surface area contributed by atoms with E-state index in [0.29, 0.717) is 31.6 Å². The molecule has 1 aliphatic rings. The third kappa shape index (κ3) is 4.64. The van der Waals surface area contributed by atoms with Crippen molar-refractivity contribution >= 4 is 11.9 Å². The molecule has 1 saturated heterocycles. The average Bonchev–Trinajstić information content (AvgIpc) is 3.07. The van der Waals surface area contributed by atoms with Crippen LogP contribution in [0, 0.1) is 5.92 Å². The van der Waals surface area contributed by atoms with Gasteiger partial charge in [0.05, 0.1) is 13.2 Å². The summed E-state index contributed by atoms with van der Waals surface area (Å²) >= 11 is 0. The van der Waals surface area contributed by atoms with Crippen molar-refractivity contribution < 1.29 is 19.0 Å². The first-order valence-corrected chi connectivity index (χ1v) is 6.59. The fourth-order valence-corrected chi connectivity index (χ4v) is 1.50. The largest absolute Gasteiger partial charge is 0.479 e. The Labute approximate surface area is 109 Å². The highest BCUT2D eigenvalue weighted by Crippen LogP contribution is 2.25. The molecule has 2 unspecified atom stereocenters. The molecule has 1 aliphatic heterocycles. The number of hydrogen-bond donors (Lipinski definition) is 0. The summed E-state index contributed by atoms with van der Waals surface area (Å²) in [7, 11) is 0. The Morgan fingerprint density at radius 2 is 1.89 bits per heavy atom. The first-order valence-electron chi connectivity index (χ1n) is 6.59. The topological polar surface area (TPSA) is 60.4 Å². The number of carbonyl (C=O) groups excluding carboxylic acids is 1. The van der Waals surface area contributed by atoms with Crippen LogP contribution in [-0.2, 0) is 19.0 Å². The van der Waals surface area contributed by atoms with Gasteiger partial charge in [0, 0.05) is 6.54 Å². The third-order valence-electron chi connectivity index (χ3n) is 2.52. The summed E-state index contributed by atoms with van der Waals surface area (Å²) in [4.78, 5) is 15.8. The van der Waals surface area contributed by atoms with Crippen LogP contribution in [0.4, 0.5) is 0 Å². The van der Waals surface area contributed by atoms with Crippen LogP contribution in [-0.4, -0.2) is 43.8 Å². The van der Waals surface area contributed by atoms with Gasteiger partial charge in [0.15, 0.2) is 12.2 Å². The number of hydrogen-bond acceptors (Lipinski definition) is 5. The van der Waals surface area contributed by atoms with Crippen LogP contribution in [0.1, 0.15) is 34.1 Å². The summed E-state index contributed by atoms with van der Waals surface area (Å²) in [5.74, 6) is 0.785. The molecule has 0 spiro atoms. The maximum Gasteiger partial charge on any atom is 0.338 e. The van der Waals surface area contributed by atoms with E-state index in [2.05, 4.69) is 18.8 Å². The van der Waals surface area contributed by atoms with Crippen LogP contribution in [0.2, 0.25) is 0 Å². The van der Waals surface area contributed by atoms with E-state index in [9.17, 15) is 4.79 Å². The van der Waals surface area contributed by atoms with Gasteiger partial charge in [0.25, 0.3) is 0 Å². The Hall–Kier alpha value is -1.10. The minimum atomic E-state index is -0.533. The zero-order valence-corrected chi connectivity index (χ0v) is 11.6. The smallest absolute Gasteiger partial charge is 0.338 e. The van der Waals surface area contributed by atoms with Crippen molar-refractivity contribution in [1.82, 2.24) is 0 Å². The highest BCUT2D eigenvalue weighted by Gasteiger charge is 2.51. The van der Waals surface area contributed by atoms with Gasteiger partial charge in [-0.05, 0) is 26.2 Å². The third-order valence-corrected chi connectivity index (χ3v) is 2.52. The summed E-state index contributed by atoms with van der Waals surface area (Å²) in [5.41, 5.74) is 0. The van der Waals surface area contributed by atoms with Crippen molar-refractivity contribution in [3.8, 4) is 0 Å². The van der Waals surface area contributed by atoms with E-state index in [1.165, 1.54) is 0 Å². The van der Waals surface area contributed by atoms with Crippen LogP contribution >= 0.6 is 0 Å². The summed E-state index contributed by atoms with van der Waals surface area (Å²) in [6.45, 7) is 9.53. The molecule has 104 valence electrons. The molecule has 1 fully saturated rings. The Balaban J connectivity index is 2.46. The first-order chi connectivity index (χ1) is 8.60. The molecule has 1 heterocycles. The standard InChI is InChI=1S/C13H23NO4/c1-5-16-12(14-8-7-9(3)4)10-11(18-10)13(15)17-6-2/h9-11H,5-8H2,1-4H3. The van der Waals surface area contributed by atoms with Gasteiger partial charge in [-0.15, -0.1) is 0 Å². The van der Waals surface area contributed by atoms with Gasteiger partial charge in [-0.25, -0.2) is 4.79 Å². The first kappa shape index (κ1) is 15.0. The fourth-order valence-electron chi connectivity index (χ4n) is 1.50. The van der Waals surface area contributed by atoms with E-state index >= 15 is 0 Å². The molecule has 18 heavy (non-hydrogen) atoms. The van der Waals surface area contributed by atoms with Crippen molar-refractivity contribution in [2.24, 2.45) is 10.9 Å². The predicted octanol–water partition coefficient (Wildman–Crippen LogP) is 1.80. The molecule has 1 rings (SSSR count). The van der Waals surface area contributed by atoms with E-state index in [1.54, 1.807) is 6.92 Å². The summed E-state index contributed by atoms with van der Waals surface area (Å²) in [6.07, 6.45) is 0.110. The van der Waals surface area contributed by atoms with E-state index in [0.717, 1.165) is 6.42 Å². The van der Waals surface area contributed by atoms with Crippen LogP contribution in [0.25, 0.3) is 0 Å². The molecule has 0 saturated carbocycles. The van der Waals surface area contributed by atoms with E-state index < -0.39 is 6.10 Å². The lowest BCUT2D eigenvalue weighted by Gasteiger charge is -2.06. The number of epoxide rings is 1. The molecular formula is C13H23NO4. The SMILES string of the molecule is CCOC(=O)C1OC1C(=NCCC(C)C)OCC. The highest BCUT2D eigenvalue weighted by atomic mass is 16.7. The molecule has 0 aromatic heterocycles. The van der Waals surface area contributed by atoms with E-state index in [1.807, 2.05) is 6.92 Å². The average molecular weight is 257 g/mol. The van der Waals surface area contributed by atoms with Crippen molar-refractivity contribution in [2.45, 2.75) is 46.3 Å². The maximum absolute atomic E-state index is 11.4. The second-order valence-electron chi connectivity index (χ2n) is 4.56. The van der Waals surface area contributed by atoms with Gasteiger partial charge in [-0.3, -0.25) is 4.99 Å². The molecule has 0 bridgehead atoms. The van der Waals surface area contributed by atoms with Crippen LogP contribution in [0.15, 0.2) is 4.99 Å². The van der Waals surface area contributed by atoms with Gasteiger partial charge in [0.1, 0.15) is 0 Å². The predicted molar refractivity (Wildman–Crippen MR) is 68.7 cm³/mol. The Morgan fingerprint density at radius 1 is 1.22 bits per heavy atom. The van der Waals surface area contributed by atoms with Gasteiger partial charge < -0.3 is 14.2 Å². The monoisotopic (exact) mass is 257 g/mol. The number of aliphatic imine (C=N–C) groups is 1. The van der Waals surface area contributed by atoms with Crippen molar-refractivity contribution in [3.05, 3.63) is 0 Å². The molecule has 5 nitrogen and oxygen atoms in total. The molecule has 0 N–H and O–H groups in total. The van der Waals surface area contributed by atoms with Crippen molar-refractivity contribution in [1.29, 1.82) is 0 Å². The summed E-state index contributed by atoms with van der Waals surface area (Å²) < 4.78 is 15.6. The van der Waals surface area contributed by atoms with Crippen LogP contribution < -0.4 is 0 Å². The number of ether oxygens (including phenoxy) is 3. The number of carbonyl (C=O) groups is 1. The second-order valence-corrected chi connectivity index (χ2v) is 4.56. The molecule has 5 heteroatoms.